The van der Waals surface area contributed by atoms with Gasteiger partial charge in [0.25, 0.3) is 0 Å². The fourth-order valence-corrected chi connectivity index (χ4v) is 2.49. The molecule has 0 saturated heterocycles. The second-order valence-corrected chi connectivity index (χ2v) is 5.02. The van der Waals surface area contributed by atoms with Gasteiger partial charge in [-0.05, 0) is 29.5 Å². The van der Waals surface area contributed by atoms with Gasteiger partial charge >= 0.3 is 0 Å². The Morgan fingerprint density at radius 1 is 1.27 bits per heavy atom. The first-order chi connectivity index (χ1) is 7.12. The van der Waals surface area contributed by atoms with Gasteiger partial charge in [0.1, 0.15) is 0 Å². The van der Waals surface area contributed by atoms with Gasteiger partial charge in [-0.2, -0.15) is 4.83 Å². The number of nitrogens with one attached hydrogen (secondary N) is 1. The quantitative estimate of drug-likeness (QED) is 0.575. The third kappa shape index (κ3) is 2.09. The largest absolute Gasteiger partial charge is 0.257 e. The van der Waals surface area contributed by atoms with Crippen LogP contribution in [0.5, 0.6) is 0 Å². The lowest BCUT2D eigenvalue weighted by molar-refractivity contribution is 0.593. The standard InChI is InChI=1S/C10H12N2O2S/c11-12-15(13,14)7-9-6-5-8-3-1-2-4-10(8)9/h1-4,7,12H,5-6,11H2. The molecule has 1 aliphatic carbocycles. The summed E-state index contributed by atoms with van der Waals surface area (Å²) in [5.74, 6) is 4.92. The molecule has 0 saturated carbocycles. The highest BCUT2D eigenvalue weighted by molar-refractivity contribution is 7.92. The second-order valence-electron chi connectivity index (χ2n) is 3.46. The second kappa shape index (κ2) is 3.77. The molecule has 1 aliphatic rings. The van der Waals surface area contributed by atoms with Gasteiger partial charge in [-0.25, -0.2) is 8.42 Å². The van der Waals surface area contributed by atoms with Crippen molar-refractivity contribution in [3.8, 4) is 0 Å². The first-order valence-corrected chi connectivity index (χ1v) is 6.18. The SMILES string of the molecule is NNS(=O)(=O)C=C1CCc2ccccc21. The molecule has 2 rings (SSSR count). The van der Waals surface area contributed by atoms with E-state index in [1.807, 2.05) is 24.3 Å². The Bertz CT molecular complexity index is 506. The number of allylic oxidation sites excluding steroid dienone is 1. The van der Waals surface area contributed by atoms with Crippen molar-refractivity contribution in [1.29, 1.82) is 0 Å². The third-order valence-corrected chi connectivity index (χ3v) is 3.41. The lowest BCUT2D eigenvalue weighted by Gasteiger charge is -2.00. The van der Waals surface area contributed by atoms with Crippen molar-refractivity contribution in [2.45, 2.75) is 12.8 Å². The molecule has 4 nitrogen and oxygen atoms in total. The van der Waals surface area contributed by atoms with E-state index in [1.54, 1.807) is 4.83 Å². The predicted molar refractivity (Wildman–Crippen MR) is 59.0 cm³/mol. The molecule has 0 radical (unpaired) electrons. The average molecular weight is 224 g/mol. The molecule has 0 atom stereocenters. The zero-order valence-electron chi connectivity index (χ0n) is 8.10. The van der Waals surface area contributed by atoms with Gasteiger partial charge in [0.05, 0.1) is 5.41 Å². The molecule has 1 aromatic carbocycles. The molecular formula is C10H12N2O2S. The van der Waals surface area contributed by atoms with E-state index in [0.29, 0.717) is 0 Å². The van der Waals surface area contributed by atoms with E-state index in [-0.39, 0.29) is 0 Å². The van der Waals surface area contributed by atoms with Crippen LogP contribution in [0.4, 0.5) is 0 Å². The van der Waals surface area contributed by atoms with Gasteiger partial charge in [0.15, 0.2) is 0 Å². The summed E-state index contributed by atoms with van der Waals surface area (Å²) in [7, 11) is -3.48. The predicted octanol–water partition coefficient (Wildman–Crippen LogP) is 0.767. The molecule has 0 bridgehead atoms. The Kier molecular flexibility index (Phi) is 2.60. The highest BCUT2D eigenvalue weighted by Crippen LogP contribution is 2.32. The van der Waals surface area contributed by atoms with Crippen molar-refractivity contribution >= 4 is 15.6 Å². The number of rotatable bonds is 2. The summed E-state index contributed by atoms with van der Waals surface area (Å²) in [6, 6.07) is 7.80. The van der Waals surface area contributed by atoms with Crippen LogP contribution >= 0.6 is 0 Å². The van der Waals surface area contributed by atoms with Crippen LogP contribution in [-0.4, -0.2) is 8.42 Å². The molecule has 0 unspecified atom stereocenters. The Labute approximate surface area is 88.8 Å². The van der Waals surface area contributed by atoms with Crippen LogP contribution < -0.4 is 10.7 Å². The zero-order chi connectivity index (χ0) is 10.9. The highest BCUT2D eigenvalue weighted by Gasteiger charge is 2.17. The van der Waals surface area contributed by atoms with Crippen LogP contribution in [0.15, 0.2) is 29.7 Å². The minimum Gasteiger partial charge on any atom is -0.257 e. The average Bonchev–Trinajstić information content (AvgIpc) is 2.62. The molecule has 0 amide bonds. The molecule has 15 heavy (non-hydrogen) atoms. The first-order valence-electron chi connectivity index (χ1n) is 4.63. The number of aryl methyl sites for hydroxylation is 1. The Balaban J connectivity index is 2.44. The van der Waals surface area contributed by atoms with E-state index >= 15 is 0 Å². The normalized spacial score (nSPS) is 18.1. The van der Waals surface area contributed by atoms with E-state index < -0.39 is 10.0 Å². The maximum atomic E-state index is 11.3. The Morgan fingerprint density at radius 2 is 2.00 bits per heavy atom. The molecule has 5 heteroatoms. The summed E-state index contributed by atoms with van der Waals surface area (Å²) >= 11 is 0. The van der Waals surface area contributed by atoms with Crippen LogP contribution in [0.3, 0.4) is 0 Å². The lowest BCUT2D eigenvalue weighted by atomic mass is 10.1. The number of hydrogen-bond acceptors (Lipinski definition) is 3. The molecule has 0 aliphatic heterocycles. The zero-order valence-corrected chi connectivity index (χ0v) is 8.92. The fraction of sp³-hybridized carbons (Fsp3) is 0.200. The van der Waals surface area contributed by atoms with Crippen molar-refractivity contribution < 1.29 is 8.42 Å². The maximum Gasteiger partial charge on any atom is 0.246 e. The van der Waals surface area contributed by atoms with E-state index in [0.717, 1.165) is 24.0 Å². The van der Waals surface area contributed by atoms with E-state index in [2.05, 4.69) is 0 Å². The van der Waals surface area contributed by atoms with Crippen LogP contribution in [-0.2, 0) is 16.4 Å². The van der Waals surface area contributed by atoms with Gasteiger partial charge in [0, 0.05) is 0 Å². The summed E-state index contributed by atoms with van der Waals surface area (Å²) in [5.41, 5.74) is 3.02. The maximum absolute atomic E-state index is 11.3. The first kappa shape index (κ1) is 10.4. The summed E-state index contributed by atoms with van der Waals surface area (Å²) in [6.45, 7) is 0. The molecule has 3 N–H and O–H groups in total. The number of benzene rings is 1. The lowest BCUT2D eigenvalue weighted by Crippen LogP contribution is -2.28. The summed E-state index contributed by atoms with van der Waals surface area (Å²) in [6.07, 6.45) is 1.64. The Hall–Kier alpha value is -1.17. The van der Waals surface area contributed by atoms with Crippen molar-refractivity contribution in [3.63, 3.8) is 0 Å². The van der Waals surface area contributed by atoms with Crippen LogP contribution in [0.25, 0.3) is 5.57 Å². The van der Waals surface area contributed by atoms with Crippen molar-refractivity contribution in [2.24, 2.45) is 5.84 Å². The number of sulfonamides is 1. The molecule has 1 aromatic rings. The van der Waals surface area contributed by atoms with Gasteiger partial charge in [-0.1, -0.05) is 24.3 Å². The van der Waals surface area contributed by atoms with Crippen LogP contribution in [0.1, 0.15) is 17.5 Å². The number of fused-ring (bicyclic) bond motifs is 1. The number of hydrazine groups is 1. The summed E-state index contributed by atoms with van der Waals surface area (Å²) in [5, 5.41) is 1.21. The Morgan fingerprint density at radius 3 is 2.73 bits per heavy atom. The van der Waals surface area contributed by atoms with Crippen molar-refractivity contribution in [2.75, 3.05) is 0 Å². The molecule has 80 valence electrons. The third-order valence-electron chi connectivity index (χ3n) is 2.49. The molecule has 0 aromatic heterocycles. The smallest absolute Gasteiger partial charge is 0.246 e. The van der Waals surface area contributed by atoms with E-state index in [1.165, 1.54) is 11.0 Å². The topological polar surface area (TPSA) is 72.2 Å². The summed E-state index contributed by atoms with van der Waals surface area (Å²) in [4.78, 5) is 1.79. The van der Waals surface area contributed by atoms with Gasteiger partial charge in [-0.15, -0.1) is 0 Å². The highest BCUT2D eigenvalue weighted by atomic mass is 32.2. The van der Waals surface area contributed by atoms with E-state index in [4.69, 9.17) is 5.84 Å². The molecule has 0 fully saturated rings. The number of hydrogen-bond donors (Lipinski definition) is 2. The molecule has 0 heterocycles. The summed E-state index contributed by atoms with van der Waals surface area (Å²) < 4.78 is 22.5. The van der Waals surface area contributed by atoms with Gasteiger partial charge < -0.3 is 0 Å². The molecule has 0 spiro atoms. The van der Waals surface area contributed by atoms with Crippen molar-refractivity contribution in [1.82, 2.24) is 4.83 Å². The minimum absolute atomic E-state index is 0.750. The molecular weight excluding hydrogens is 212 g/mol. The van der Waals surface area contributed by atoms with Gasteiger partial charge in [0.2, 0.25) is 10.0 Å². The van der Waals surface area contributed by atoms with E-state index in [9.17, 15) is 8.42 Å². The van der Waals surface area contributed by atoms with Crippen molar-refractivity contribution in [3.05, 3.63) is 40.8 Å². The van der Waals surface area contributed by atoms with Crippen LogP contribution in [0, 0.1) is 0 Å². The fourth-order valence-electron chi connectivity index (χ4n) is 1.80. The number of nitrogens with two attached hydrogens (primary N) is 1. The minimum atomic E-state index is -3.48. The monoisotopic (exact) mass is 224 g/mol. The van der Waals surface area contributed by atoms with Gasteiger partial charge in [-0.3, -0.25) is 5.84 Å². The van der Waals surface area contributed by atoms with Crippen LogP contribution in [0.2, 0.25) is 0 Å².